The van der Waals surface area contributed by atoms with Crippen molar-refractivity contribution < 1.29 is 4.39 Å². The maximum atomic E-state index is 13.4. The standard InChI is InChI=1S/C15H16FN/c1-11-5-3-4-6-14(11)15-9-13(16)8-7-12(15)10-17-2/h3-9,17H,10H2,1-2H3. The summed E-state index contributed by atoms with van der Waals surface area (Å²) in [5, 5.41) is 3.11. The smallest absolute Gasteiger partial charge is 0.123 e. The van der Waals surface area contributed by atoms with E-state index in [1.165, 1.54) is 6.07 Å². The van der Waals surface area contributed by atoms with Gasteiger partial charge in [0, 0.05) is 6.54 Å². The largest absolute Gasteiger partial charge is 0.316 e. The zero-order valence-electron chi connectivity index (χ0n) is 10.1. The Morgan fingerprint density at radius 1 is 1.06 bits per heavy atom. The van der Waals surface area contributed by atoms with Crippen molar-refractivity contribution in [2.75, 3.05) is 7.05 Å². The molecule has 2 rings (SSSR count). The van der Waals surface area contributed by atoms with Gasteiger partial charge in [0.2, 0.25) is 0 Å². The summed E-state index contributed by atoms with van der Waals surface area (Å²) in [4.78, 5) is 0. The molecule has 2 heteroatoms. The van der Waals surface area contributed by atoms with Gasteiger partial charge in [-0.25, -0.2) is 4.39 Å². The number of nitrogens with one attached hydrogen (secondary N) is 1. The lowest BCUT2D eigenvalue weighted by Gasteiger charge is -2.12. The number of rotatable bonds is 3. The third-order valence-electron chi connectivity index (χ3n) is 2.87. The molecular formula is C15H16FN. The van der Waals surface area contributed by atoms with Crippen molar-refractivity contribution in [1.82, 2.24) is 5.32 Å². The highest BCUT2D eigenvalue weighted by Gasteiger charge is 2.07. The van der Waals surface area contributed by atoms with Crippen LogP contribution in [-0.2, 0) is 6.54 Å². The summed E-state index contributed by atoms with van der Waals surface area (Å²) in [7, 11) is 1.89. The van der Waals surface area contributed by atoms with E-state index < -0.39 is 0 Å². The van der Waals surface area contributed by atoms with Crippen LogP contribution >= 0.6 is 0 Å². The van der Waals surface area contributed by atoms with Gasteiger partial charge < -0.3 is 5.32 Å². The van der Waals surface area contributed by atoms with Crippen molar-refractivity contribution >= 4 is 0 Å². The molecule has 0 unspecified atom stereocenters. The maximum Gasteiger partial charge on any atom is 0.123 e. The Morgan fingerprint density at radius 2 is 1.82 bits per heavy atom. The van der Waals surface area contributed by atoms with Crippen molar-refractivity contribution in [3.63, 3.8) is 0 Å². The highest BCUT2D eigenvalue weighted by Crippen LogP contribution is 2.27. The van der Waals surface area contributed by atoms with Gasteiger partial charge in [0.15, 0.2) is 0 Å². The molecule has 0 saturated carbocycles. The number of hydrogen-bond acceptors (Lipinski definition) is 1. The Kier molecular flexibility index (Phi) is 3.55. The third-order valence-corrected chi connectivity index (χ3v) is 2.87. The van der Waals surface area contributed by atoms with Gasteiger partial charge in [0.05, 0.1) is 0 Å². The molecule has 0 atom stereocenters. The van der Waals surface area contributed by atoms with Gasteiger partial charge in [0.25, 0.3) is 0 Å². The first-order valence-corrected chi connectivity index (χ1v) is 5.71. The van der Waals surface area contributed by atoms with Gasteiger partial charge in [-0.15, -0.1) is 0 Å². The van der Waals surface area contributed by atoms with Gasteiger partial charge in [-0.2, -0.15) is 0 Å². The summed E-state index contributed by atoms with van der Waals surface area (Å²) in [6, 6.07) is 13.0. The number of aryl methyl sites for hydroxylation is 1. The van der Waals surface area contributed by atoms with Crippen molar-refractivity contribution in [3.8, 4) is 11.1 Å². The van der Waals surface area contributed by atoms with Gasteiger partial charge in [-0.3, -0.25) is 0 Å². The molecule has 17 heavy (non-hydrogen) atoms. The summed E-state index contributed by atoms with van der Waals surface area (Å²) < 4.78 is 13.4. The SMILES string of the molecule is CNCc1ccc(F)cc1-c1ccccc1C. The Morgan fingerprint density at radius 3 is 2.53 bits per heavy atom. The minimum atomic E-state index is -0.192. The lowest BCUT2D eigenvalue weighted by Crippen LogP contribution is -2.06. The molecule has 0 heterocycles. The highest BCUT2D eigenvalue weighted by molar-refractivity contribution is 5.70. The summed E-state index contributed by atoms with van der Waals surface area (Å²) in [6.07, 6.45) is 0. The van der Waals surface area contributed by atoms with Gasteiger partial charge in [-0.1, -0.05) is 30.3 Å². The molecule has 0 radical (unpaired) electrons. The molecule has 0 aromatic heterocycles. The molecule has 1 nitrogen and oxygen atoms in total. The molecule has 0 aliphatic rings. The second-order valence-corrected chi connectivity index (χ2v) is 4.15. The number of halogens is 1. The topological polar surface area (TPSA) is 12.0 Å². The fraction of sp³-hybridized carbons (Fsp3) is 0.200. The fourth-order valence-corrected chi connectivity index (χ4v) is 2.02. The van der Waals surface area contributed by atoms with Crippen LogP contribution in [0.3, 0.4) is 0 Å². The highest BCUT2D eigenvalue weighted by atomic mass is 19.1. The zero-order valence-corrected chi connectivity index (χ0v) is 10.1. The van der Waals surface area contributed by atoms with E-state index in [2.05, 4.69) is 5.32 Å². The van der Waals surface area contributed by atoms with E-state index in [1.54, 1.807) is 6.07 Å². The molecule has 0 bridgehead atoms. The van der Waals surface area contributed by atoms with Crippen LogP contribution in [0, 0.1) is 12.7 Å². The molecule has 0 aliphatic carbocycles. The molecule has 1 N–H and O–H groups in total. The molecule has 0 fully saturated rings. The van der Waals surface area contributed by atoms with E-state index in [-0.39, 0.29) is 5.82 Å². The van der Waals surface area contributed by atoms with Gasteiger partial charge in [-0.05, 0) is 48.4 Å². The van der Waals surface area contributed by atoms with Crippen LogP contribution in [0.15, 0.2) is 42.5 Å². The second kappa shape index (κ2) is 5.11. The number of benzene rings is 2. The molecule has 88 valence electrons. The Hall–Kier alpha value is -1.67. The Bertz CT molecular complexity index is 520. The first kappa shape index (κ1) is 11.8. The van der Waals surface area contributed by atoms with Crippen molar-refractivity contribution in [3.05, 3.63) is 59.4 Å². The summed E-state index contributed by atoms with van der Waals surface area (Å²) in [5.41, 5.74) is 4.34. The Balaban J connectivity index is 2.57. The van der Waals surface area contributed by atoms with E-state index in [4.69, 9.17) is 0 Å². The van der Waals surface area contributed by atoms with E-state index in [0.29, 0.717) is 0 Å². The molecular weight excluding hydrogens is 213 g/mol. The average molecular weight is 229 g/mol. The molecule has 0 aliphatic heterocycles. The van der Waals surface area contributed by atoms with Crippen LogP contribution in [0.5, 0.6) is 0 Å². The van der Waals surface area contributed by atoms with E-state index in [1.807, 2.05) is 44.3 Å². The maximum absolute atomic E-state index is 13.4. The minimum absolute atomic E-state index is 0.192. The average Bonchev–Trinajstić information content (AvgIpc) is 2.32. The van der Waals surface area contributed by atoms with Gasteiger partial charge >= 0.3 is 0 Å². The predicted molar refractivity (Wildman–Crippen MR) is 69.3 cm³/mol. The van der Waals surface area contributed by atoms with E-state index in [9.17, 15) is 4.39 Å². The summed E-state index contributed by atoms with van der Waals surface area (Å²) in [5.74, 6) is -0.192. The molecule has 2 aromatic carbocycles. The number of hydrogen-bond donors (Lipinski definition) is 1. The quantitative estimate of drug-likeness (QED) is 0.849. The van der Waals surface area contributed by atoms with Crippen LogP contribution in [0.25, 0.3) is 11.1 Å². The van der Waals surface area contributed by atoms with Crippen molar-refractivity contribution in [2.45, 2.75) is 13.5 Å². The minimum Gasteiger partial charge on any atom is -0.316 e. The van der Waals surface area contributed by atoms with Crippen LogP contribution in [0.4, 0.5) is 4.39 Å². The Labute approximate surface area is 101 Å². The van der Waals surface area contributed by atoms with E-state index in [0.717, 1.165) is 28.8 Å². The lowest BCUT2D eigenvalue weighted by molar-refractivity contribution is 0.627. The fourth-order valence-electron chi connectivity index (χ4n) is 2.02. The first-order valence-electron chi connectivity index (χ1n) is 5.71. The lowest BCUT2D eigenvalue weighted by atomic mass is 9.96. The predicted octanol–water partition coefficient (Wildman–Crippen LogP) is 3.52. The van der Waals surface area contributed by atoms with Crippen molar-refractivity contribution in [2.24, 2.45) is 0 Å². The first-order chi connectivity index (χ1) is 8.22. The van der Waals surface area contributed by atoms with Crippen molar-refractivity contribution in [1.29, 1.82) is 0 Å². The van der Waals surface area contributed by atoms with Crippen LogP contribution < -0.4 is 5.32 Å². The molecule has 2 aromatic rings. The molecule has 0 saturated heterocycles. The summed E-state index contributed by atoms with van der Waals surface area (Å²) >= 11 is 0. The van der Waals surface area contributed by atoms with Crippen LogP contribution in [-0.4, -0.2) is 7.05 Å². The summed E-state index contributed by atoms with van der Waals surface area (Å²) in [6.45, 7) is 2.79. The third kappa shape index (κ3) is 2.53. The molecule has 0 amide bonds. The van der Waals surface area contributed by atoms with E-state index >= 15 is 0 Å². The van der Waals surface area contributed by atoms with Crippen LogP contribution in [0.2, 0.25) is 0 Å². The molecule has 0 spiro atoms. The zero-order chi connectivity index (χ0) is 12.3. The monoisotopic (exact) mass is 229 g/mol. The normalized spacial score (nSPS) is 10.5. The van der Waals surface area contributed by atoms with Crippen LogP contribution in [0.1, 0.15) is 11.1 Å². The second-order valence-electron chi connectivity index (χ2n) is 4.15. The van der Waals surface area contributed by atoms with Gasteiger partial charge in [0.1, 0.15) is 5.82 Å².